The predicted molar refractivity (Wildman–Crippen MR) is 60.8 cm³/mol. The molecule has 1 fully saturated rings. The first-order valence-corrected chi connectivity index (χ1v) is 9.29. The zero-order chi connectivity index (χ0) is 9.90. The van der Waals surface area contributed by atoms with Crippen LogP contribution in [0, 0.1) is 0 Å². The third-order valence-corrected chi connectivity index (χ3v) is 4.99. The standard InChI is InChI=1S/C11H24OSi/c1-5-6-7-8-9-10-11(12-10)13(2,3)4/h10-11H,5-9H2,1-4H3/t10-,11+/m1/s1. The number of ether oxygens (including phenoxy) is 1. The van der Waals surface area contributed by atoms with Crippen LogP contribution >= 0.6 is 0 Å². The minimum atomic E-state index is -0.977. The van der Waals surface area contributed by atoms with Crippen LogP contribution in [0.4, 0.5) is 0 Å². The summed E-state index contributed by atoms with van der Waals surface area (Å²) < 4.78 is 5.72. The quantitative estimate of drug-likeness (QED) is 0.362. The summed E-state index contributed by atoms with van der Waals surface area (Å²) in [5.41, 5.74) is 0.675. The van der Waals surface area contributed by atoms with E-state index >= 15 is 0 Å². The maximum atomic E-state index is 5.72. The fraction of sp³-hybridized carbons (Fsp3) is 1.00. The molecule has 0 amide bonds. The molecule has 78 valence electrons. The van der Waals surface area contributed by atoms with Crippen LogP contribution in [0.15, 0.2) is 0 Å². The lowest BCUT2D eigenvalue weighted by Gasteiger charge is -2.11. The molecule has 0 saturated carbocycles. The van der Waals surface area contributed by atoms with Crippen molar-refractivity contribution < 1.29 is 4.74 Å². The number of rotatable bonds is 6. The topological polar surface area (TPSA) is 12.5 Å². The van der Waals surface area contributed by atoms with E-state index in [1.54, 1.807) is 0 Å². The van der Waals surface area contributed by atoms with Gasteiger partial charge in [0, 0.05) is 0 Å². The third kappa shape index (κ3) is 3.82. The van der Waals surface area contributed by atoms with Crippen LogP contribution in [0.5, 0.6) is 0 Å². The van der Waals surface area contributed by atoms with Gasteiger partial charge in [-0.1, -0.05) is 52.2 Å². The van der Waals surface area contributed by atoms with E-state index in [-0.39, 0.29) is 0 Å². The van der Waals surface area contributed by atoms with Crippen molar-refractivity contribution in [1.82, 2.24) is 0 Å². The van der Waals surface area contributed by atoms with Gasteiger partial charge in [-0.3, -0.25) is 0 Å². The number of hydrogen-bond donors (Lipinski definition) is 0. The largest absolute Gasteiger partial charge is 0.373 e. The monoisotopic (exact) mass is 200 g/mol. The minimum absolute atomic E-state index is 0.642. The first kappa shape index (κ1) is 11.3. The summed E-state index contributed by atoms with van der Waals surface area (Å²) in [6.07, 6.45) is 7.46. The van der Waals surface area contributed by atoms with Crippen LogP contribution < -0.4 is 0 Å². The van der Waals surface area contributed by atoms with E-state index in [0.717, 1.165) is 0 Å². The molecule has 2 heteroatoms. The van der Waals surface area contributed by atoms with Crippen molar-refractivity contribution in [2.45, 2.75) is 70.5 Å². The second-order valence-electron chi connectivity index (χ2n) is 5.31. The number of hydrogen-bond acceptors (Lipinski definition) is 1. The molecule has 1 heterocycles. The van der Waals surface area contributed by atoms with E-state index in [2.05, 4.69) is 26.6 Å². The molecular formula is C11H24OSi. The van der Waals surface area contributed by atoms with Gasteiger partial charge in [0.1, 0.15) is 0 Å². The Hall–Kier alpha value is 0.177. The summed E-state index contributed by atoms with van der Waals surface area (Å²) >= 11 is 0. The lowest BCUT2D eigenvalue weighted by atomic mass is 10.1. The van der Waals surface area contributed by atoms with Gasteiger partial charge in [0.05, 0.1) is 19.9 Å². The smallest absolute Gasteiger partial charge is 0.0819 e. The molecule has 13 heavy (non-hydrogen) atoms. The average Bonchev–Trinajstić information content (AvgIpc) is 2.76. The van der Waals surface area contributed by atoms with Crippen molar-refractivity contribution >= 4 is 8.07 Å². The molecule has 1 aliphatic rings. The molecule has 0 radical (unpaired) electrons. The lowest BCUT2D eigenvalue weighted by molar-refractivity contribution is 0.377. The van der Waals surface area contributed by atoms with E-state index in [0.29, 0.717) is 11.8 Å². The van der Waals surface area contributed by atoms with E-state index in [1.165, 1.54) is 32.1 Å². The Balaban J connectivity index is 2.01. The average molecular weight is 200 g/mol. The highest BCUT2D eigenvalue weighted by atomic mass is 28.3. The van der Waals surface area contributed by atoms with E-state index in [9.17, 15) is 0 Å². The van der Waals surface area contributed by atoms with Crippen LogP contribution in [0.3, 0.4) is 0 Å². The lowest BCUT2D eigenvalue weighted by Crippen LogP contribution is -2.30. The number of unbranched alkanes of at least 4 members (excludes halogenated alkanes) is 3. The van der Waals surface area contributed by atoms with Crippen molar-refractivity contribution in [3.05, 3.63) is 0 Å². The van der Waals surface area contributed by atoms with E-state index in [4.69, 9.17) is 4.74 Å². The van der Waals surface area contributed by atoms with Crippen LogP contribution in [0.25, 0.3) is 0 Å². The van der Waals surface area contributed by atoms with Gasteiger partial charge >= 0.3 is 0 Å². The molecule has 0 bridgehead atoms. The normalized spacial score (nSPS) is 27.7. The Kier molecular flexibility index (Phi) is 3.99. The van der Waals surface area contributed by atoms with Gasteiger partial charge in [0.2, 0.25) is 0 Å². The van der Waals surface area contributed by atoms with Crippen LogP contribution in [-0.4, -0.2) is 19.9 Å². The second-order valence-corrected chi connectivity index (χ2v) is 10.6. The zero-order valence-electron chi connectivity index (χ0n) is 9.60. The van der Waals surface area contributed by atoms with Gasteiger partial charge in [-0.15, -0.1) is 0 Å². The summed E-state index contributed by atoms with van der Waals surface area (Å²) in [5.74, 6) is 0. The predicted octanol–water partition coefficient (Wildman–Crippen LogP) is 3.60. The number of epoxide rings is 1. The van der Waals surface area contributed by atoms with Gasteiger partial charge in [-0.2, -0.15) is 0 Å². The van der Waals surface area contributed by atoms with E-state index < -0.39 is 8.07 Å². The van der Waals surface area contributed by atoms with Gasteiger partial charge in [-0.05, 0) is 6.42 Å². The van der Waals surface area contributed by atoms with Gasteiger partial charge in [0.15, 0.2) is 0 Å². The summed E-state index contributed by atoms with van der Waals surface area (Å²) in [5, 5.41) is 0. The van der Waals surface area contributed by atoms with Crippen LogP contribution in [-0.2, 0) is 4.74 Å². The molecule has 1 nitrogen and oxygen atoms in total. The fourth-order valence-electron chi connectivity index (χ4n) is 1.90. The summed E-state index contributed by atoms with van der Waals surface area (Å²) in [4.78, 5) is 0. The van der Waals surface area contributed by atoms with Crippen molar-refractivity contribution in [3.63, 3.8) is 0 Å². The summed E-state index contributed by atoms with van der Waals surface area (Å²) in [6, 6.07) is 0. The Labute approximate surface area is 83.9 Å². The second kappa shape index (κ2) is 4.60. The first-order chi connectivity index (χ1) is 6.05. The zero-order valence-corrected chi connectivity index (χ0v) is 10.6. The molecule has 0 aromatic heterocycles. The minimum Gasteiger partial charge on any atom is -0.373 e. The maximum absolute atomic E-state index is 5.72. The molecule has 0 N–H and O–H groups in total. The highest BCUT2D eigenvalue weighted by Gasteiger charge is 2.47. The molecule has 2 atom stereocenters. The molecule has 0 spiro atoms. The first-order valence-electron chi connectivity index (χ1n) is 5.71. The Morgan fingerprint density at radius 1 is 1.08 bits per heavy atom. The highest BCUT2D eigenvalue weighted by molar-refractivity contribution is 6.78. The SMILES string of the molecule is CCCCCC[C@H]1O[C@H]1[Si](C)(C)C. The Morgan fingerprint density at radius 2 is 1.77 bits per heavy atom. The van der Waals surface area contributed by atoms with Crippen molar-refractivity contribution in [3.8, 4) is 0 Å². The molecule has 0 unspecified atom stereocenters. The maximum Gasteiger partial charge on any atom is 0.0819 e. The molecule has 1 saturated heterocycles. The molecule has 0 aliphatic carbocycles. The third-order valence-electron chi connectivity index (χ3n) is 2.78. The van der Waals surface area contributed by atoms with Crippen molar-refractivity contribution in [2.24, 2.45) is 0 Å². The Bertz CT molecular complexity index is 151. The van der Waals surface area contributed by atoms with Crippen molar-refractivity contribution in [2.75, 3.05) is 0 Å². The summed E-state index contributed by atoms with van der Waals surface area (Å²) in [6.45, 7) is 9.48. The van der Waals surface area contributed by atoms with Gasteiger partial charge < -0.3 is 4.74 Å². The fourth-order valence-corrected chi connectivity index (χ4v) is 3.76. The van der Waals surface area contributed by atoms with Gasteiger partial charge in [-0.25, -0.2) is 0 Å². The summed E-state index contributed by atoms with van der Waals surface area (Å²) in [7, 11) is -0.977. The van der Waals surface area contributed by atoms with E-state index in [1.807, 2.05) is 0 Å². The highest BCUT2D eigenvalue weighted by Crippen LogP contribution is 2.34. The van der Waals surface area contributed by atoms with Crippen molar-refractivity contribution in [1.29, 1.82) is 0 Å². The Morgan fingerprint density at radius 3 is 2.23 bits per heavy atom. The van der Waals surface area contributed by atoms with Crippen LogP contribution in [0.1, 0.15) is 39.0 Å². The van der Waals surface area contributed by atoms with Crippen LogP contribution in [0.2, 0.25) is 19.6 Å². The molecule has 1 aliphatic heterocycles. The molecule has 0 aromatic carbocycles. The molecule has 0 aromatic rings. The van der Waals surface area contributed by atoms with Gasteiger partial charge in [0.25, 0.3) is 0 Å². The molecular weight excluding hydrogens is 176 g/mol. The molecule has 1 rings (SSSR count).